The van der Waals surface area contributed by atoms with Gasteiger partial charge in [-0.15, -0.1) is 10.2 Å². The summed E-state index contributed by atoms with van der Waals surface area (Å²) in [6.45, 7) is 7.33. The minimum absolute atomic E-state index is 0.212. The summed E-state index contributed by atoms with van der Waals surface area (Å²) in [4.78, 5) is 14.1. The second kappa shape index (κ2) is 8.91. The standard InChI is InChI=1S/C13H23N5O2S/c1-2-4-11-16-17-13(21-11)15-12(19)14-5-3-6-18-7-9-20-10-8-18/h2-10H2,1H3,(H2,14,15,17,19). The van der Waals surface area contributed by atoms with Crippen molar-refractivity contribution in [3.8, 4) is 0 Å². The van der Waals surface area contributed by atoms with Gasteiger partial charge in [0.05, 0.1) is 13.2 Å². The maximum absolute atomic E-state index is 11.7. The lowest BCUT2D eigenvalue weighted by Gasteiger charge is -2.26. The van der Waals surface area contributed by atoms with Gasteiger partial charge in [0.1, 0.15) is 5.01 Å². The van der Waals surface area contributed by atoms with E-state index in [2.05, 4.69) is 32.7 Å². The number of rotatable bonds is 7. The predicted molar refractivity (Wildman–Crippen MR) is 82.8 cm³/mol. The van der Waals surface area contributed by atoms with Gasteiger partial charge in [0, 0.05) is 26.1 Å². The second-order valence-corrected chi connectivity index (χ2v) is 6.00. The third-order valence-corrected chi connectivity index (χ3v) is 4.09. The fourth-order valence-corrected chi connectivity index (χ4v) is 2.93. The molecule has 0 unspecified atom stereocenters. The summed E-state index contributed by atoms with van der Waals surface area (Å²) in [5, 5.41) is 15.1. The van der Waals surface area contributed by atoms with E-state index in [0.29, 0.717) is 11.7 Å². The van der Waals surface area contributed by atoms with Crippen LogP contribution >= 0.6 is 11.3 Å². The van der Waals surface area contributed by atoms with Gasteiger partial charge in [-0.2, -0.15) is 0 Å². The fraction of sp³-hybridized carbons (Fsp3) is 0.769. The minimum atomic E-state index is -0.212. The fourth-order valence-electron chi connectivity index (χ4n) is 2.09. The first-order valence-electron chi connectivity index (χ1n) is 7.45. The van der Waals surface area contributed by atoms with E-state index in [1.165, 1.54) is 11.3 Å². The average Bonchev–Trinajstić information content (AvgIpc) is 2.92. The van der Waals surface area contributed by atoms with E-state index < -0.39 is 0 Å². The van der Waals surface area contributed by atoms with Crippen LogP contribution in [-0.4, -0.2) is 60.5 Å². The number of hydrogen-bond donors (Lipinski definition) is 2. The molecule has 1 fully saturated rings. The van der Waals surface area contributed by atoms with Gasteiger partial charge >= 0.3 is 6.03 Å². The number of amides is 2. The zero-order valence-corrected chi connectivity index (χ0v) is 13.2. The maximum Gasteiger partial charge on any atom is 0.321 e. The number of carbonyl (C=O) groups is 1. The Morgan fingerprint density at radius 3 is 2.95 bits per heavy atom. The highest BCUT2D eigenvalue weighted by atomic mass is 32.1. The Morgan fingerprint density at radius 2 is 2.19 bits per heavy atom. The molecule has 1 aromatic rings. The number of nitrogens with zero attached hydrogens (tertiary/aromatic N) is 3. The van der Waals surface area contributed by atoms with Crippen molar-refractivity contribution in [1.29, 1.82) is 0 Å². The third-order valence-electron chi connectivity index (χ3n) is 3.19. The lowest BCUT2D eigenvalue weighted by Crippen LogP contribution is -2.38. The highest BCUT2D eigenvalue weighted by molar-refractivity contribution is 7.15. The highest BCUT2D eigenvalue weighted by Crippen LogP contribution is 2.16. The summed E-state index contributed by atoms with van der Waals surface area (Å²) < 4.78 is 5.30. The number of hydrogen-bond acceptors (Lipinski definition) is 6. The van der Waals surface area contributed by atoms with E-state index >= 15 is 0 Å². The molecule has 0 spiro atoms. The zero-order chi connectivity index (χ0) is 14.9. The van der Waals surface area contributed by atoms with Gasteiger partial charge in [-0.25, -0.2) is 4.79 Å². The van der Waals surface area contributed by atoms with Crippen molar-refractivity contribution < 1.29 is 9.53 Å². The molecule has 7 nitrogen and oxygen atoms in total. The molecule has 21 heavy (non-hydrogen) atoms. The van der Waals surface area contributed by atoms with Crippen molar-refractivity contribution >= 4 is 22.5 Å². The minimum Gasteiger partial charge on any atom is -0.379 e. The summed E-state index contributed by atoms with van der Waals surface area (Å²) in [6, 6.07) is -0.212. The van der Waals surface area contributed by atoms with Gasteiger partial charge in [0.2, 0.25) is 5.13 Å². The van der Waals surface area contributed by atoms with Crippen LogP contribution in [0, 0.1) is 0 Å². The van der Waals surface area contributed by atoms with Crippen molar-refractivity contribution in [3.05, 3.63) is 5.01 Å². The predicted octanol–water partition coefficient (Wildman–Crippen LogP) is 1.33. The smallest absolute Gasteiger partial charge is 0.321 e. The Balaban J connectivity index is 1.58. The van der Waals surface area contributed by atoms with Crippen molar-refractivity contribution in [2.45, 2.75) is 26.2 Å². The van der Waals surface area contributed by atoms with Crippen molar-refractivity contribution in [3.63, 3.8) is 0 Å². The van der Waals surface area contributed by atoms with E-state index in [4.69, 9.17) is 4.74 Å². The Labute approximate surface area is 129 Å². The van der Waals surface area contributed by atoms with Crippen LogP contribution in [0.1, 0.15) is 24.8 Å². The van der Waals surface area contributed by atoms with Crippen LogP contribution in [0.5, 0.6) is 0 Å². The van der Waals surface area contributed by atoms with Gasteiger partial charge in [0.15, 0.2) is 0 Å². The largest absolute Gasteiger partial charge is 0.379 e. The monoisotopic (exact) mass is 313 g/mol. The molecule has 2 heterocycles. The van der Waals surface area contributed by atoms with Gasteiger partial charge in [-0.1, -0.05) is 18.3 Å². The van der Waals surface area contributed by atoms with Crippen molar-refractivity contribution in [1.82, 2.24) is 20.4 Å². The van der Waals surface area contributed by atoms with Crippen LogP contribution in [0.25, 0.3) is 0 Å². The number of aromatic nitrogens is 2. The first-order valence-corrected chi connectivity index (χ1v) is 8.27. The lowest BCUT2D eigenvalue weighted by molar-refractivity contribution is 0.0375. The number of aryl methyl sites for hydroxylation is 1. The molecule has 0 bridgehead atoms. The number of morpholine rings is 1. The number of nitrogens with one attached hydrogen (secondary N) is 2. The number of ether oxygens (including phenoxy) is 1. The molecule has 0 radical (unpaired) electrons. The SMILES string of the molecule is CCCc1nnc(NC(=O)NCCCN2CCOCC2)s1. The van der Waals surface area contributed by atoms with Crippen LogP contribution in [0.3, 0.4) is 0 Å². The first kappa shape index (κ1) is 16.1. The Kier molecular flexibility index (Phi) is 6.84. The molecular weight excluding hydrogens is 290 g/mol. The van der Waals surface area contributed by atoms with E-state index in [1.807, 2.05) is 0 Å². The van der Waals surface area contributed by atoms with E-state index in [9.17, 15) is 4.79 Å². The molecule has 2 N–H and O–H groups in total. The lowest BCUT2D eigenvalue weighted by atomic mass is 10.3. The average molecular weight is 313 g/mol. The topological polar surface area (TPSA) is 79.4 Å². The van der Waals surface area contributed by atoms with Crippen molar-refractivity contribution in [2.75, 3.05) is 44.7 Å². The van der Waals surface area contributed by atoms with Gasteiger partial charge in [-0.3, -0.25) is 10.2 Å². The Bertz CT molecular complexity index is 434. The molecule has 1 aliphatic rings. The molecule has 1 aromatic heterocycles. The number of urea groups is 1. The molecule has 0 aromatic carbocycles. The molecule has 118 valence electrons. The summed E-state index contributed by atoms with van der Waals surface area (Å²) in [6.07, 6.45) is 2.87. The molecule has 8 heteroatoms. The molecule has 1 saturated heterocycles. The Morgan fingerprint density at radius 1 is 1.38 bits per heavy atom. The van der Waals surface area contributed by atoms with Crippen LogP contribution in [0.4, 0.5) is 9.93 Å². The van der Waals surface area contributed by atoms with Crippen molar-refractivity contribution in [2.24, 2.45) is 0 Å². The molecule has 2 amide bonds. The summed E-state index contributed by atoms with van der Waals surface area (Å²) in [7, 11) is 0. The van der Waals surface area contributed by atoms with Crippen LogP contribution in [0.15, 0.2) is 0 Å². The van der Waals surface area contributed by atoms with Gasteiger partial charge < -0.3 is 10.1 Å². The molecule has 0 aliphatic carbocycles. The normalized spacial score (nSPS) is 15.9. The zero-order valence-electron chi connectivity index (χ0n) is 12.4. The van der Waals surface area contributed by atoms with Crippen LogP contribution in [-0.2, 0) is 11.2 Å². The molecule has 0 atom stereocenters. The van der Waals surface area contributed by atoms with Crippen LogP contribution in [0.2, 0.25) is 0 Å². The molecule has 1 aliphatic heterocycles. The number of anilines is 1. The summed E-state index contributed by atoms with van der Waals surface area (Å²) in [5.41, 5.74) is 0. The summed E-state index contributed by atoms with van der Waals surface area (Å²) in [5.74, 6) is 0. The van der Waals surface area contributed by atoms with Gasteiger partial charge in [-0.05, 0) is 19.4 Å². The van der Waals surface area contributed by atoms with Gasteiger partial charge in [0.25, 0.3) is 0 Å². The second-order valence-electron chi connectivity index (χ2n) is 4.94. The third kappa shape index (κ3) is 5.94. The molecule has 2 rings (SSSR count). The van der Waals surface area contributed by atoms with Crippen LogP contribution < -0.4 is 10.6 Å². The molecular formula is C13H23N5O2S. The summed E-state index contributed by atoms with van der Waals surface area (Å²) >= 11 is 1.43. The van der Waals surface area contributed by atoms with E-state index in [-0.39, 0.29) is 6.03 Å². The first-order chi connectivity index (χ1) is 10.3. The van der Waals surface area contributed by atoms with E-state index in [0.717, 1.165) is 57.1 Å². The maximum atomic E-state index is 11.7. The van der Waals surface area contributed by atoms with E-state index in [1.54, 1.807) is 0 Å². The Hall–Kier alpha value is -1.25. The highest BCUT2D eigenvalue weighted by Gasteiger charge is 2.10. The number of carbonyl (C=O) groups excluding carboxylic acids is 1. The quantitative estimate of drug-likeness (QED) is 0.743. The molecule has 0 saturated carbocycles.